The lowest BCUT2D eigenvalue weighted by molar-refractivity contribution is 0.0347. The number of halogens is 1. The molecular weight excluding hydrogens is 318 g/mol. The van der Waals surface area contributed by atoms with Crippen molar-refractivity contribution in [2.24, 2.45) is 0 Å². The Morgan fingerprint density at radius 2 is 2.05 bits per heavy atom. The number of hydrogen-bond donors (Lipinski definition) is 1. The van der Waals surface area contributed by atoms with Crippen molar-refractivity contribution < 1.29 is 4.74 Å². The van der Waals surface area contributed by atoms with Gasteiger partial charge in [-0.2, -0.15) is 0 Å². The monoisotopic (exact) mass is 341 g/mol. The van der Waals surface area contributed by atoms with Crippen molar-refractivity contribution in [1.82, 2.24) is 9.97 Å². The minimum Gasteiger partial charge on any atom is -0.376 e. The van der Waals surface area contributed by atoms with E-state index in [0.29, 0.717) is 12.0 Å². The van der Waals surface area contributed by atoms with Crippen LogP contribution in [0.5, 0.6) is 0 Å². The minimum atomic E-state index is 0.325. The molecule has 4 nitrogen and oxygen atoms in total. The Bertz CT molecular complexity index is 420. The Morgan fingerprint density at radius 1 is 1.30 bits per heavy atom. The van der Waals surface area contributed by atoms with E-state index in [-0.39, 0.29) is 0 Å². The standard InChI is InChI=1S/C15H24BrN3O/c1-11(2)15-18-13(16)10-14(19-15)17-8-9-20-12-6-4-3-5-7-12/h10-12H,3-9H2,1-2H3,(H,17,18,19). The van der Waals surface area contributed by atoms with Gasteiger partial charge in [0.1, 0.15) is 16.2 Å². The lowest BCUT2D eigenvalue weighted by atomic mass is 9.98. The van der Waals surface area contributed by atoms with Crippen molar-refractivity contribution in [2.45, 2.75) is 58.0 Å². The third-order valence-corrected chi connectivity index (χ3v) is 3.95. The van der Waals surface area contributed by atoms with Gasteiger partial charge in [0.15, 0.2) is 0 Å². The van der Waals surface area contributed by atoms with Crippen molar-refractivity contribution >= 4 is 21.7 Å². The lowest BCUT2D eigenvalue weighted by Crippen LogP contribution is -2.20. The van der Waals surface area contributed by atoms with Gasteiger partial charge in [0, 0.05) is 18.5 Å². The first-order chi connectivity index (χ1) is 9.65. The molecule has 1 fully saturated rings. The van der Waals surface area contributed by atoms with E-state index in [1.54, 1.807) is 0 Å². The minimum absolute atomic E-state index is 0.325. The predicted octanol–water partition coefficient (Wildman–Crippen LogP) is 4.12. The molecule has 2 rings (SSSR count). The third-order valence-electron chi connectivity index (χ3n) is 3.54. The van der Waals surface area contributed by atoms with Gasteiger partial charge in [0.25, 0.3) is 0 Å². The second kappa shape index (κ2) is 7.93. The number of ether oxygens (including phenoxy) is 1. The zero-order valence-electron chi connectivity index (χ0n) is 12.4. The van der Waals surface area contributed by atoms with Crippen LogP contribution in [0.1, 0.15) is 57.7 Å². The Morgan fingerprint density at radius 3 is 2.75 bits per heavy atom. The lowest BCUT2D eigenvalue weighted by Gasteiger charge is -2.22. The number of aromatic nitrogens is 2. The molecule has 1 aliphatic rings. The smallest absolute Gasteiger partial charge is 0.134 e. The van der Waals surface area contributed by atoms with Gasteiger partial charge in [-0.1, -0.05) is 33.1 Å². The molecule has 0 amide bonds. The zero-order valence-corrected chi connectivity index (χ0v) is 13.9. The van der Waals surface area contributed by atoms with Gasteiger partial charge in [-0.05, 0) is 28.8 Å². The molecule has 0 aliphatic heterocycles. The van der Waals surface area contributed by atoms with Gasteiger partial charge in [-0.15, -0.1) is 0 Å². The number of hydrogen-bond acceptors (Lipinski definition) is 4. The number of anilines is 1. The first-order valence-electron chi connectivity index (χ1n) is 7.55. The summed E-state index contributed by atoms with van der Waals surface area (Å²) in [6, 6.07) is 1.91. The van der Waals surface area contributed by atoms with Crippen LogP contribution in [0.2, 0.25) is 0 Å². The highest BCUT2D eigenvalue weighted by Gasteiger charge is 2.13. The molecular formula is C15H24BrN3O. The molecule has 0 aromatic carbocycles. The van der Waals surface area contributed by atoms with E-state index in [1.165, 1.54) is 32.1 Å². The quantitative estimate of drug-likeness (QED) is 0.624. The van der Waals surface area contributed by atoms with E-state index in [9.17, 15) is 0 Å². The first-order valence-corrected chi connectivity index (χ1v) is 8.34. The fourth-order valence-electron chi connectivity index (χ4n) is 2.42. The maximum Gasteiger partial charge on any atom is 0.134 e. The zero-order chi connectivity index (χ0) is 14.4. The molecule has 0 atom stereocenters. The van der Waals surface area contributed by atoms with Crippen LogP contribution in [-0.4, -0.2) is 29.2 Å². The van der Waals surface area contributed by atoms with E-state index in [4.69, 9.17) is 4.74 Å². The summed E-state index contributed by atoms with van der Waals surface area (Å²) in [5.41, 5.74) is 0. The molecule has 1 aromatic heterocycles. The molecule has 20 heavy (non-hydrogen) atoms. The SMILES string of the molecule is CC(C)c1nc(Br)cc(NCCOC2CCCCC2)n1. The topological polar surface area (TPSA) is 47.0 Å². The second-order valence-corrected chi connectivity index (χ2v) is 6.46. The predicted molar refractivity (Wildman–Crippen MR) is 85.1 cm³/mol. The highest BCUT2D eigenvalue weighted by Crippen LogP contribution is 2.20. The molecule has 1 aliphatic carbocycles. The van der Waals surface area contributed by atoms with Crippen LogP contribution in [0.15, 0.2) is 10.7 Å². The highest BCUT2D eigenvalue weighted by molar-refractivity contribution is 9.10. The summed E-state index contributed by atoms with van der Waals surface area (Å²) in [5.74, 6) is 2.05. The van der Waals surface area contributed by atoms with Crippen LogP contribution >= 0.6 is 15.9 Å². The van der Waals surface area contributed by atoms with E-state index in [1.807, 2.05) is 6.07 Å². The normalized spacial score (nSPS) is 16.6. The van der Waals surface area contributed by atoms with E-state index < -0.39 is 0 Å². The number of nitrogens with zero attached hydrogens (tertiary/aromatic N) is 2. The molecule has 0 unspecified atom stereocenters. The van der Waals surface area contributed by atoms with Gasteiger partial charge in [0.2, 0.25) is 0 Å². The van der Waals surface area contributed by atoms with E-state index in [0.717, 1.165) is 29.4 Å². The fourth-order valence-corrected chi connectivity index (χ4v) is 2.82. The third kappa shape index (κ3) is 5.02. The van der Waals surface area contributed by atoms with Gasteiger partial charge in [-0.3, -0.25) is 0 Å². The average molecular weight is 342 g/mol. The Hall–Kier alpha value is -0.680. The summed E-state index contributed by atoms with van der Waals surface area (Å²) in [6.45, 7) is 5.72. The van der Waals surface area contributed by atoms with Crippen molar-refractivity contribution in [3.05, 3.63) is 16.5 Å². The molecule has 0 saturated heterocycles. The molecule has 5 heteroatoms. The van der Waals surface area contributed by atoms with Gasteiger partial charge >= 0.3 is 0 Å². The molecule has 1 aromatic rings. The van der Waals surface area contributed by atoms with Gasteiger partial charge in [0.05, 0.1) is 12.7 Å². The molecule has 112 valence electrons. The van der Waals surface area contributed by atoms with E-state index in [2.05, 4.69) is 45.1 Å². The Balaban J connectivity index is 1.75. The molecule has 1 heterocycles. The summed E-state index contributed by atoms with van der Waals surface area (Å²) in [7, 11) is 0. The van der Waals surface area contributed by atoms with Crippen LogP contribution in [-0.2, 0) is 4.74 Å². The summed E-state index contributed by atoms with van der Waals surface area (Å²) < 4.78 is 6.72. The van der Waals surface area contributed by atoms with Crippen LogP contribution in [0.25, 0.3) is 0 Å². The molecule has 1 saturated carbocycles. The van der Waals surface area contributed by atoms with Crippen molar-refractivity contribution in [3.8, 4) is 0 Å². The number of rotatable bonds is 6. The molecule has 0 bridgehead atoms. The van der Waals surface area contributed by atoms with Gasteiger partial charge < -0.3 is 10.1 Å². The van der Waals surface area contributed by atoms with Crippen LogP contribution < -0.4 is 5.32 Å². The summed E-state index contributed by atoms with van der Waals surface area (Å²) in [5, 5.41) is 3.31. The maximum absolute atomic E-state index is 5.89. The Labute approximate surface area is 129 Å². The van der Waals surface area contributed by atoms with Crippen molar-refractivity contribution in [1.29, 1.82) is 0 Å². The Kier molecular flexibility index (Phi) is 6.23. The van der Waals surface area contributed by atoms with Gasteiger partial charge in [-0.25, -0.2) is 9.97 Å². The second-order valence-electron chi connectivity index (χ2n) is 5.65. The highest BCUT2D eigenvalue weighted by atomic mass is 79.9. The average Bonchev–Trinajstić information content (AvgIpc) is 2.44. The number of nitrogens with one attached hydrogen (secondary N) is 1. The molecule has 1 N–H and O–H groups in total. The molecule has 0 radical (unpaired) electrons. The maximum atomic E-state index is 5.89. The van der Waals surface area contributed by atoms with Crippen LogP contribution in [0.4, 0.5) is 5.82 Å². The van der Waals surface area contributed by atoms with Crippen molar-refractivity contribution in [3.63, 3.8) is 0 Å². The van der Waals surface area contributed by atoms with Crippen LogP contribution in [0.3, 0.4) is 0 Å². The van der Waals surface area contributed by atoms with E-state index >= 15 is 0 Å². The summed E-state index contributed by atoms with van der Waals surface area (Å²) in [4.78, 5) is 8.88. The molecule has 0 spiro atoms. The first kappa shape index (κ1) is 15.7. The van der Waals surface area contributed by atoms with Crippen LogP contribution in [0, 0.1) is 0 Å². The summed E-state index contributed by atoms with van der Waals surface area (Å²) in [6.07, 6.45) is 6.90. The largest absolute Gasteiger partial charge is 0.376 e. The fraction of sp³-hybridized carbons (Fsp3) is 0.733. The van der Waals surface area contributed by atoms with Crippen molar-refractivity contribution in [2.75, 3.05) is 18.5 Å². The summed E-state index contributed by atoms with van der Waals surface area (Å²) >= 11 is 3.43.